The zero-order chi connectivity index (χ0) is 23.3. The first-order valence-electron chi connectivity index (χ1n) is 13.9. The van der Waals surface area contributed by atoms with Crippen molar-refractivity contribution < 1.29 is 9.53 Å². The highest BCUT2D eigenvalue weighted by atomic mass is 16.5. The minimum Gasteiger partial charge on any atom is -0.463 e. The van der Waals surface area contributed by atoms with Crippen molar-refractivity contribution in [2.75, 3.05) is 0 Å². The average Bonchev–Trinajstić information content (AvgIpc) is 3.08. The van der Waals surface area contributed by atoms with E-state index in [0.29, 0.717) is 16.7 Å². The van der Waals surface area contributed by atoms with Crippen LogP contribution in [0.5, 0.6) is 0 Å². The minimum absolute atomic E-state index is 0.104. The number of esters is 1. The smallest absolute Gasteiger partial charge is 0.302 e. The van der Waals surface area contributed by atoms with Crippen LogP contribution in [0.25, 0.3) is 0 Å². The lowest BCUT2D eigenvalue weighted by molar-refractivity contribution is -0.152. The number of allylic oxidation sites excluding steroid dienone is 2. The van der Waals surface area contributed by atoms with Crippen LogP contribution >= 0.6 is 0 Å². The van der Waals surface area contributed by atoms with Crippen LogP contribution in [-0.2, 0) is 9.53 Å². The Balaban J connectivity index is 1.47. The summed E-state index contributed by atoms with van der Waals surface area (Å²) >= 11 is 0. The van der Waals surface area contributed by atoms with E-state index in [9.17, 15) is 4.79 Å². The van der Waals surface area contributed by atoms with Gasteiger partial charge in [-0.3, -0.25) is 4.79 Å². The van der Waals surface area contributed by atoms with Gasteiger partial charge < -0.3 is 4.74 Å². The highest BCUT2D eigenvalue weighted by Gasteiger charge is 2.58. The standard InChI is InChI=1S/C30H50O2/c1-19(2)20(3)8-9-21(4)26-12-13-27-25-11-10-23-18-24(32-22(5)31)14-16-29(23,6)28(25)15-17-30(26,27)7/h11,19-21,23-24,26-28H,8-10,12-18H2,1-7H3/t20-,21+,23-,24+,26-,27-,28+,29-,30-/m0/s1. The molecular formula is C30H50O2. The minimum atomic E-state index is -0.104. The Morgan fingerprint density at radius 2 is 1.69 bits per heavy atom. The number of hydrogen-bond acceptors (Lipinski definition) is 2. The molecule has 4 rings (SSSR count). The lowest BCUT2D eigenvalue weighted by Crippen LogP contribution is -2.50. The summed E-state index contributed by atoms with van der Waals surface area (Å²) in [7, 11) is 0. The van der Waals surface area contributed by atoms with Crippen molar-refractivity contribution in [1.82, 2.24) is 0 Å². The summed E-state index contributed by atoms with van der Waals surface area (Å²) in [6, 6.07) is 0. The highest BCUT2D eigenvalue weighted by molar-refractivity contribution is 5.66. The van der Waals surface area contributed by atoms with Gasteiger partial charge in [0.05, 0.1) is 0 Å². The normalized spacial score (nSPS) is 43.0. The molecule has 0 amide bonds. The maximum atomic E-state index is 11.5. The molecule has 0 unspecified atom stereocenters. The second kappa shape index (κ2) is 9.10. The van der Waals surface area contributed by atoms with Crippen molar-refractivity contribution in [3.05, 3.63) is 11.6 Å². The van der Waals surface area contributed by atoms with Gasteiger partial charge >= 0.3 is 5.97 Å². The first-order chi connectivity index (χ1) is 15.1. The predicted octanol–water partition coefficient (Wildman–Crippen LogP) is 8.21. The van der Waals surface area contributed by atoms with Gasteiger partial charge in [-0.2, -0.15) is 0 Å². The van der Waals surface area contributed by atoms with E-state index in [1.54, 1.807) is 6.92 Å². The zero-order valence-electron chi connectivity index (χ0n) is 22.1. The molecule has 182 valence electrons. The number of carbonyl (C=O) groups is 1. The van der Waals surface area contributed by atoms with E-state index in [1.807, 2.05) is 5.57 Å². The van der Waals surface area contributed by atoms with Crippen LogP contribution in [0.2, 0.25) is 0 Å². The topological polar surface area (TPSA) is 26.3 Å². The van der Waals surface area contributed by atoms with Crippen LogP contribution < -0.4 is 0 Å². The maximum Gasteiger partial charge on any atom is 0.302 e. The fourth-order valence-corrected chi connectivity index (χ4v) is 8.85. The Morgan fingerprint density at radius 1 is 1.00 bits per heavy atom. The summed E-state index contributed by atoms with van der Waals surface area (Å²) in [4.78, 5) is 11.5. The third-order valence-electron chi connectivity index (χ3n) is 11.3. The quantitative estimate of drug-likeness (QED) is 0.306. The van der Waals surface area contributed by atoms with Crippen LogP contribution in [0.4, 0.5) is 0 Å². The summed E-state index contributed by atoms with van der Waals surface area (Å²) < 4.78 is 5.64. The average molecular weight is 443 g/mol. The molecule has 3 saturated carbocycles. The largest absolute Gasteiger partial charge is 0.463 e. The molecule has 0 bridgehead atoms. The fraction of sp³-hybridized carbons (Fsp3) is 0.900. The molecule has 32 heavy (non-hydrogen) atoms. The molecule has 0 aliphatic heterocycles. The van der Waals surface area contributed by atoms with E-state index >= 15 is 0 Å². The molecule has 0 aromatic rings. The molecule has 0 radical (unpaired) electrons. The van der Waals surface area contributed by atoms with E-state index in [0.717, 1.165) is 48.3 Å². The van der Waals surface area contributed by atoms with Gasteiger partial charge in [0.25, 0.3) is 0 Å². The number of hydrogen-bond donors (Lipinski definition) is 0. The molecule has 3 fully saturated rings. The maximum absolute atomic E-state index is 11.5. The van der Waals surface area contributed by atoms with Gasteiger partial charge in [-0.15, -0.1) is 0 Å². The second-order valence-corrected chi connectivity index (χ2v) is 13.3. The number of ether oxygens (including phenoxy) is 1. The number of carbonyl (C=O) groups excluding carboxylic acids is 1. The third kappa shape index (κ3) is 4.22. The van der Waals surface area contributed by atoms with E-state index in [2.05, 4.69) is 47.6 Å². The summed E-state index contributed by atoms with van der Waals surface area (Å²) in [5.41, 5.74) is 2.79. The van der Waals surface area contributed by atoms with Gasteiger partial charge in [-0.25, -0.2) is 0 Å². The lowest BCUT2D eigenvalue weighted by atomic mass is 9.47. The molecule has 2 nitrogen and oxygen atoms in total. The molecule has 4 aliphatic carbocycles. The Labute approximate surface area is 198 Å². The Hall–Kier alpha value is -0.790. The zero-order valence-corrected chi connectivity index (χ0v) is 22.1. The Morgan fingerprint density at radius 3 is 2.38 bits per heavy atom. The molecule has 0 saturated heterocycles. The molecule has 0 spiro atoms. The molecule has 2 heteroatoms. The van der Waals surface area contributed by atoms with Gasteiger partial charge in [0.15, 0.2) is 0 Å². The van der Waals surface area contributed by atoms with Crippen molar-refractivity contribution in [3.8, 4) is 0 Å². The Kier molecular flexibility index (Phi) is 6.92. The summed E-state index contributed by atoms with van der Waals surface area (Å²) in [5.74, 6) is 5.58. The van der Waals surface area contributed by atoms with Crippen molar-refractivity contribution in [1.29, 1.82) is 0 Å². The van der Waals surface area contributed by atoms with Crippen LogP contribution in [-0.4, -0.2) is 12.1 Å². The van der Waals surface area contributed by atoms with E-state index in [-0.39, 0.29) is 12.1 Å². The second-order valence-electron chi connectivity index (χ2n) is 13.3. The Bertz CT molecular complexity index is 722. The first-order valence-corrected chi connectivity index (χ1v) is 13.9. The van der Waals surface area contributed by atoms with Crippen LogP contribution in [0.15, 0.2) is 11.6 Å². The van der Waals surface area contributed by atoms with Crippen LogP contribution in [0, 0.1) is 52.3 Å². The van der Waals surface area contributed by atoms with E-state index in [4.69, 9.17) is 4.74 Å². The van der Waals surface area contributed by atoms with Gasteiger partial charge in [0.1, 0.15) is 6.10 Å². The van der Waals surface area contributed by atoms with Gasteiger partial charge in [0.2, 0.25) is 0 Å². The summed E-state index contributed by atoms with van der Waals surface area (Å²) in [5, 5.41) is 0. The van der Waals surface area contributed by atoms with Crippen molar-refractivity contribution in [2.45, 2.75) is 119 Å². The fourth-order valence-electron chi connectivity index (χ4n) is 8.85. The lowest BCUT2D eigenvalue weighted by Gasteiger charge is -2.58. The van der Waals surface area contributed by atoms with Gasteiger partial charge in [-0.1, -0.05) is 66.0 Å². The summed E-state index contributed by atoms with van der Waals surface area (Å²) in [6.07, 6.45) is 15.9. The highest BCUT2D eigenvalue weighted by Crippen LogP contribution is 2.67. The first kappa shape index (κ1) is 24.3. The van der Waals surface area contributed by atoms with E-state index in [1.165, 1.54) is 51.4 Å². The molecule has 9 atom stereocenters. The molecule has 0 aromatic carbocycles. The molecular weight excluding hydrogens is 392 g/mol. The van der Waals surface area contributed by atoms with Gasteiger partial charge in [-0.05, 0) is 104 Å². The van der Waals surface area contributed by atoms with Crippen molar-refractivity contribution >= 4 is 5.97 Å². The number of fused-ring (bicyclic) bond motifs is 5. The van der Waals surface area contributed by atoms with Crippen molar-refractivity contribution in [3.63, 3.8) is 0 Å². The number of rotatable bonds is 6. The monoisotopic (exact) mass is 442 g/mol. The molecule has 0 aromatic heterocycles. The van der Waals surface area contributed by atoms with E-state index < -0.39 is 0 Å². The SMILES string of the molecule is CC(=O)O[C@@H]1CC[C@@]2(C)[C@@H](CC=C3[C@H]2CC[C@]2(C)[C@H]3CC[C@H]2[C@H](C)CC[C@H](C)C(C)C)C1. The molecule has 0 N–H and O–H groups in total. The van der Waals surface area contributed by atoms with Crippen LogP contribution in [0.1, 0.15) is 113 Å². The van der Waals surface area contributed by atoms with Crippen LogP contribution in [0.3, 0.4) is 0 Å². The van der Waals surface area contributed by atoms with Crippen molar-refractivity contribution in [2.24, 2.45) is 52.3 Å². The van der Waals surface area contributed by atoms with Gasteiger partial charge in [0, 0.05) is 6.92 Å². The molecule has 0 heterocycles. The molecule has 4 aliphatic rings. The summed E-state index contributed by atoms with van der Waals surface area (Å²) in [6.45, 7) is 16.6. The predicted molar refractivity (Wildman–Crippen MR) is 133 cm³/mol. The third-order valence-corrected chi connectivity index (χ3v) is 11.3.